The molecule has 0 radical (unpaired) electrons. The van der Waals surface area contributed by atoms with Crippen LogP contribution in [-0.2, 0) is 11.3 Å². The van der Waals surface area contributed by atoms with Crippen LogP contribution in [0.1, 0.15) is 41.4 Å². The molecule has 1 N–H and O–H groups in total. The molecule has 3 aromatic carbocycles. The van der Waals surface area contributed by atoms with Crippen molar-refractivity contribution >= 4 is 17.5 Å². The molecule has 154 valence electrons. The Morgan fingerprint density at radius 3 is 2.23 bits per heavy atom. The van der Waals surface area contributed by atoms with Gasteiger partial charge in [-0.1, -0.05) is 42.5 Å². The van der Waals surface area contributed by atoms with E-state index in [2.05, 4.69) is 5.32 Å². The fraction of sp³-hybridized carbons (Fsp3) is 0.167. The minimum atomic E-state index is -0.807. The summed E-state index contributed by atoms with van der Waals surface area (Å²) in [5, 5.41) is 2.72. The number of nitrogens with zero attached hydrogens (tertiary/aromatic N) is 1. The standard InChI is InChI=1S/C24H22F2N2O2/c1-16(19-9-6-10-23(13-19)27-17(2)29)28(15-18-7-4-3-5-8-18)24(30)20-11-21(25)14-22(26)12-20/h3-14,16H,15H2,1-2H3,(H,27,29). The van der Waals surface area contributed by atoms with E-state index < -0.39 is 23.6 Å². The zero-order valence-electron chi connectivity index (χ0n) is 16.7. The van der Waals surface area contributed by atoms with Crippen LogP contribution < -0.4 is 5.32 Å². The maximum atomic E-state index is 13.7. The van der Waals surface area contributed by atoms with Crippen LogP contribution in [0, 0.1) is 11.6 Å². The maximum Gasteiger partial charge on any atom is 0.254 e. The second kappa shape index (κ2) is 9.31. The molecule has 2 amide bonds. The highest BCUT2D eigenvalue weighted by Crippen LogP contribution is 2.27. The van der Waals surface area contributed by atoms with Crippen LogP contribution in [0.5, 0.6) is 0 Å². The normalized spacial score (nSPS) is 11.6. The summed E-state index contributed by atoms with van der Waals surface area (Å²) in [5.41, 5.74) is 2.21. The van der Waals surface area contributed by atoms with Gasteiger partial charge in [-0.2, -0.15) is 0 Å². The molecule has 1 unspecified atom stereocenters. The van der Waals surface area contributed by atoms with Gasteiger partial charge < -0.3 is 10.2 Å². The van der Waals surface area contributed by atoms with Crippen molar-refractivity contribution < 1.29 is 18.4 Å². The average Bonchev–Trinajstić information content (AvgIpc) is 2.71. The van der Waals surface area contributed by atoms with Gasteiger partial charge in [-0.15, -0.1) is 0 Å². The summed E-state index contributed by atoms with van der Waals surface area (Å²) >= 11 is 0. The first-order valence-corrected chi connectivity index (χ1v) is 9.52. The molecule has 3 aromatic rings. The largest absolute Gasteiger partial charge is 0.328 e. The van der Waals surface area contributed by atoms with Crippen molar-refractivity contribution in [3.8, 4) is 0 Å². The van der Waals surface area contributed by atoms with Gasteiger partial charge in [-0.05, 0) is 42.3 Å². The lowest BCUT2D eigenvalue weighted by Crippen LogP contribution is -2.33. The molecule has 0 aliphatic carbocycles. The monoisotopic (exact) mass is 408 g/mol. The summed E-state index contributed by atoms with van der Waals surface area (Å²) in [6.45, 7) is 3.51. The quantitative estimate of drug-likeness (QED) is 0.600. The van der Waals surface area contributed by atoms with E-state index in [1.54, 1.807) is 23.1 Å². The number of carbonyl (C=O) groups excluding carboxylic acids is 2. The number of nitrogens with one attached hydrogen (secondary N) is 1. The lowest BCUT2D eigenvalue weighted by Gasteiger charge is -2.30. The van der Waals surface area contributed by atoms with Crippen molar-refractivity contribution in [2.75, 3.05) is 5.32 Å². The molecule has 1 atom stereocenters. The predicted octanol–water partition coefficient (Wildman–Crippen LogP) is 5.33. The lowest BCUT2D eigenvalue weighted by molar-refractivity contribution is -0.114. The van der Waals surface area contributed by atoms with Crippen molar-refractivity contribution in [1.29, 1.82) is 0 Å². The highest BCUT2D eigenvalue weighted by molar-refractivity contribution is 5.94. The molecule has 0 saturated carbocycles. The third kappa shape index (κ3) is 5.29. The van der Waals surface area contributed by atoms with Crippen molar-refractivity contribution in [2.45, 2.75) is 26.4 Å². The maximum absolute atomic E-state index is 13.7. The summed E-state index contributed by atoms with van der Waals surface area (Å²) in [5.74, 6) is -2.31. The Hall–Kier alpha value is -3.54. The number of hydrogen-bond acceptors (Lipinski definition) is 2. The Balaban J connectivity index is 1.98. The van der Waals surface area contributed by atoms with Crippen LogP contribution in [-0.4, -0.2) is 16.7 Å². The van der Waals surface area contributed by atoms with Gasteiger partial charge in [0, 0.05) is 30.8 Å². The minimum absolute atomic E-state index is 0.0618. The van der Waals surface area contributed by atoms with E-state index in [-0.39, 0.29) is 18.0 Å². The number of hydrogen-bond donors (Lipinski definition) is 1. The van der Waals surface area contributed by atoms with E-state index in [1.807, 2.05) is 43.3 Å². The summed E-state index contributed by atoms with van der Waals surface area (Å²) in [4.78, 5) is 26.2. The molecule has 0 bridgehead atoms. The molecule has 0 heterocycles. The fourth-order valence-corrected chi connectivity index (χ4v) is 3.27. The van der Waals surface area contributed by atoms with Crippen LogP contribution >= 0.6 is 0 Å². The van der Waals surface area contributed by atoms with Gasteiger partial charge in [0.25, 0.3) is 5.91 Å². The number of anilines is 1. The predicted molar refractivity (Wildman–Crippen MR) is 112 cm³/mol. The number of halogens is 2. The molecule has 30 heavy (non-hydrogen) atoms. The van der Waals surface area contributed by atoms with E-state index in [4.69, 9.17) is 0 Å². The minimum Gasteiger partial charge on any atom is -0.328 e. The third-order valence-electron chi connectivity index (χ3n) is 4.72. The van der Waals surface area contributed by atoms with E-state index in [9.17, 15) is 18.4 Å². The van der Waals surface area contributed by atoms with Crippen molar-refractivity contribution in [3.63, 3.8) is 0 Å². The van der Waals surface area contributed by atoms with Gasteiger partial charge in [-0.25, -0.2) is 8.78 Å². The Kier molecular flexibility index (Phi) is 6.57. The number of amides is 2. The third-order valence-corrected chi connectivity index (χ3v) is 4.72. The molecular formula is C24H22F2N2O2. The molecule has 0 fully saturated rings. The van der Waals surface area contributed by atoms with Gasteiger partial charge in [-0.3, -0.25) is 9.59 Å². The zero-order chi connectivity index (χ0) is 21.7. The van der Waals surface area contributed by atoms with Gasteiger partial charge in [0.2, 0.25) is 5.91 Å². The van der Waals surface area contributed by atoms with Gasteiger partial charge in [0.1, 0.15) is 11.6 Å². The topological polar surface area (TPSA) is 49.4 Å². The Morgan fingerprint density at radius 2 is 1.60 bits per heavy atom. The Labute approximate surface area is 174 Å². The van der Waals surface area contributed by atoms with E-state index in [1.165, 1.54) is 6.92 Å². The SMILES string of the molecule is CC(=O)Nc1cccc(C(C)N(Cc2ccccc2)C(=O)c2cc(F)cc(F)c2)c1. The summed E-state index contributed by atoms with van der Waals surface area (Å²) in [6, 6.07) is 18.9. The molecule has 0 spiro atoms. The van der Waals surface area contributed by atoms with Crippen LogP contribution in [0.25, 0.3) is 0 Å². The van der Waals surface area contributed by atoms with Crippen molar-refractivity contribution in [3.05, 3.63) is 101 Å². The molecule has 4 nitrogen and oxygen atoms in total. The number of benzene rings is 3. The Morgan fingerprint density at radius 1 is 0.933 bits per heavy atom. The Bertz CT molecular complexity index is 1030. The van der Waals surface area contributed by atoms with Crippen LogP contribution in [0.2, 0.25) is 0 Å². The van der Waals surface area contributed by atoms with Gasteiger partial charge in [0.05, 0.1) is 6.04 Å². The smallest absolute Gasteiger partial charge is 0.254 e. The average molecular weight is 408 g/mol. The van der Waals surface area contributed by atoms with Crippen LogP contribution in [0.4, 0.5) is 14.5 Å². The molecular weight excluding hydrogens is 386 g/mol. The first kappa shape index (κ1) is 21.2. The molecule has 0 aliphatic heterocycles. The highest BCUT2D eigenvalue weighted by Gasteiger charge is 2.24. The van der Waals surface area contributed by atoms with Crippen molar-refractivity contribution in [2.24, 2.45) is 0 Å². The molecule has 0 saturated heterocycles. The second-order valence-corrected chi connectivity index (χ2v) is 7.06. The van der Waals surface area contributed by atoms with Crippen LogP contribution in [0.3, 0.4) is 0 Å². The van der Waals surface area contributed by atoms with Gasteiger partial charge >= 0.3 is 0 Å². The molecule has 0 aromatic heterocycles. The highest BCUT2D eigenvalue weighted by atomic mass is 19.1. The first-order chi connectivity index (χ1) is 14.3. The zero-order valence-corrected chi connectivity index (χ0v) is 16.7. The van der Waals surface area contributed by atoms with Gasteiger partial charge in [0.15, 0.2) is 0 Å². The number of rotatable bonds is 6. The van der Waals surface area contributed by atoms with Crippen molar-refractivity contribution in [1.82, 2.24) is 4.90 Å². The molecule has 3 rings (SSSR count). The van der Waals surface area contributed by atoms with E-state index in [0.29, 0.717) is 5.69 Å². The fourth-order valence-electron chi connectivity index (χ4n) is 3.27. The summed E-state index contributed by atoms with van der Waals surface area (Å²) in [6.07, 6.45) is 0. The molecule has 0 aliphatic rings. The second-order valence-electron chi connectivity index (χ2n) is 7.06. The van der Waals surface area contributed by atoms with Crippen LogP contribution in [0.15, 0.2) is 72.8 Å². The van der Waals surface area contributed by atoms with E-state index in [0.717, 1.165) is 29.3 Å². The molecule has 6 heteroatoms. The van der Waals surface area contributed by atoms with E-state index >= 15 is 0 Å². The summed E-state index contributed by atoms with van der Waals surface area (Å²) < 4.78 is 27.5. The lowest BCUT2D eigenvalue weighted by atomic mass is 10.0. The number of carbonyl (C=O) groups is 2. The summed E-state index contributed by atoms with van der Waals surface area (Å²) in [7, 11) is 0. The first-order valence-electron chi connectivity index (χ1n) is 9.52.